The number of para-hydroxylation sites is 1. The monoisotopic (exact) mass is 397 g/mol. The summed E-state index contributed by atoms with van der Waals surface area (Å²) >= 11 is 0. The van der Waals surface area contributed by atoms with Gasteiger partial charge >= 0.3 is 0 Å². The second kappa shape index (κ2) is 8.47. The van der Waals surface area contributed by atoms with Crippen molar-refractivity contribution < 1.29 is 8.42 Å². The third-order valence-corrected chi connectivity index (χ3v) is 7.15. The number of rotatable bonds is 6. The zero-order chi connectivity index (χ0) is 19.4. The van der Waals surface area contributed by atoms with E-state index in [0.717, 1.165) is 47.7 Å². The van der Waals surface area contributed by atoms with Gasteiger partial charge in [-0.25, -0.2) is 4.72 Å². The molecule has 2 aromatic carbocycles. The van der Waals surface area contributed by atoms with E-state index in [1.54, 1.807) is 4.31 Å². The van der Waals surface area contributed by atoms with Crippen molar-refractivity contribution in [3.63, 3.8) is 0 Å². The van der Waals surface area contributed by atoms with Gasteiger partial charge in [0.05, 0.1) is 0 Å². The molecule has 1 aliphatic heterocycles. The Kier molecular flexibility index (Phi) is 5.80. The van der Waals surface area contributed by atoms with E-state index < -0.39 is 10.2 Å². The fraction of sp³-hybridized carbons (Fsp3) is 0.364. The average molecular weight is 398 g/mol. The Morgan fingerprint density at radius 1 is 0.929 bits per heavy atom. The summed E-state index contributed by atoms with van der Waals surface area (Å²) in [5, 5.41) is 1.13. The maximum absolute atomic E-state index is 12.9. The molecule has 0 amide bonds. The molecule has 28 heavy (non-hydrogen) atoms. The molecular formula is C22H27N3O2S. The molecule has 5 nitrogen and oxygen atoms in total. The molecule has 148 valence electrons. The molecule has 4 rings (SSSR count). The summed E-state index contributed by atoms with van der Waals surface area (Å²) in [6.45, 7) is 1.56. The van der Waals surface area contributed by atoms with Gasteiger partial charge in [-0.15, -0.1) is 0 Å². The number of aromatic amines is 1. The summed E-state index contributed by atoms with van der Waals surface area (Å²) in [5.41, 5.74) is 3.28. The fourth-order valence-corrected chi connectivity index (χ4v) is 5.34. The molecule has 1 fully saturated rings. The van der Waals surface area contributed by atoms with Crippen molar-refractivity contribution in [1.29, 1.82) is 0 Å². The lowest BCUT2D eigenvalue weighted by Gasteiger charge is -2.23. The predicted molar refractivity (Wildman–Crippen MR) is 114 cm³/mol. The molecular weight excluding hydrogens is 370 g/mol. The van der Waals surface area contributed by atoms with Gasteiger partial charge in [0, 0.05) is 42.7 Å². The molecule has 1 saturated heterocycles. The average Bonchev–Trinajstić information content (AvgIpc) is 2.94. The summed E-state index contributed by atoms with van der Waals surface area (Å²) in [5.74, 6) is -0.0564. The van der Waals surface area contributed by atoms with Gasteiger partial charge in [-0.05, 0) is 30.0 Å². The first-order valence-corrected chi connectivity index (χ1v) is 11.4. The van der Waals surface area contributed by atoms with Crippen LogP contribution in [0.1, 0.15) is 42.7 Å². The lowest BCUT2D eigenvalue weighted by molar-refractivity contribution is 0.414. The maximum Gasteiger partial charge on any atom is 0.279 e. The summed E-state index contributed by atoms with van der Waals surface area (Å²) in [6, 6.07) is 18.3. The lowest BCUT2D eigenvalue weighted by Crippen LogP contribution is -2.42. The number of hydrogen-bond donors (Lipinski definition) is 2. The molecule has 1 aromatic heterocycles. The highest BCUT2D eigenvalue weighted by molar-refractivity contribution is 7.87. The Morgan fingerprint density at radius 2 is 1.61 bits per heavy atom. The van der Waals surface area contributed by atoms with Crippen LogP contribution in [0.15, 0.2) is 60.8 Å². The van der Waals surface area contributed by atoms with E-state index in [-0.39, 0.29) is 5.92 Å². The smallest absolute Gasteiger partial charge is 0.279 e. The first-order valence-electron chi connectivity index (χ1n) is 10.0. The van der Waals surface area contributed by atoms with Crippen molar-refractivity contribution in [1.82, 2.24) is 14.0 Å². The van der Waals surface area contributed by atoms with E-state index in [1.807, 2.05) is 42.6 Å². The van der Waals surface area contributed by atoms with Crippen LogP contribution in [-0.4, -0.2) is 37.3 Å². The molecule has 2 heterocycles. The van der Waals surface area contributed by atoms with Crippen LogP contribution in [0.3, 0.4) is 0 Å². The van der Waals surface area contributed by atoms with Gasteiger partial charge in [0.1, 0.15) is 0 Å². The molecule has 1 atom stereocenters. The molecule has 0 saturated carbocycles. The molecule has 0 aliphatic carbocycles. The maximum atomic E-state index is 12.9. The van der Waals surface area contributed by atoms with Crippen molar-refractivity contribution in [3.8, 4) is 0 Å². The molecule has 0 radical (unpaired) electrons. The van der Waals surface area contributed by atoms with Crippen LogP contribution < -0.4 is 4.72 Å². The number of benzene rings is 2. The molecule has 0 unspecified atom stereocenters. The quantitative estimate of drug-likeness (QED) is 0.660. The van der Waals surface area contributed by atoms with E-state index in [2.05, 4.69) is 27.9 Å². The van der Waals surface area contributed by atoms with Gasteiger partial charge < -0.3 is 4.98 Å². The van der Waals surface area contributed by atoms with E-state index in [0.29, 0.717) is 19.6 Å². The minimum absolute atomic E-state index is 0.0564. The van der Waals surface area contributed by atoms with E-state index in [9.17, 15) is 8.42 Å². The Balaban J connectivity index is 1.62. The summed E-state index contributed by atoms with van der Waals surface area (Å²) in [6.07, 6.45) is 6.08. The lowest BCUT2D eigenvalue weighted by atomic mass is 9.91. The van der Waals surface area contributed by atoms with Gasteiger partial charge in [-0.3, -0.25) is 0 Å². The molecule has 2 N–H and O–H groups in total. The van der Waals surface area contributed by atoms with Gasteiger partial charge in [0.15, 0.2) is 0 Å². The molecule has 6 heteroatoms. The molecule has 0 spiro atoms. The third-order valence-electron chi connectivity index (χ3n) is 5.57. The number of fused-ring (bicyclic) bond motifs is 1. The number of nitrogens with one attached hydrogen (secondary N) is 2. The third kappa shape index (κ3) is 4.14. The molecule has 1 aliphatic rings. The van der Waals surface area contributed by atoms with Gasteiger partial charge in [0.2, 0.25) is 0 Å². The number of aromatic nitrogens is 1. The second-order valence-corrected chi connectivity index (χ2v) is 9.17. The fourth-order valence-electron chi connectivity index (χ4n) is 4.04. The first-order chi connectivity index (χ1) is 13.6. The van der Waals surface area contributed by atoms with Crippen LogP contribution in [-0.2, 0) is 10.2 Å². The minimum Gasteiger partial charge on any atom is -0.361 e. The zero-order valence-electron chi connectivity index (χ0n) is 16.0. The van der Waals surface area contributed by atoms with Gasteiger partial charge in [-0.1, -0.05) is 61.4 Å². The Hall–Kier alpha value is -2.15. The van der Waals surface area contributed by atoms with Crippen LogP contribution in [0.5, 0.6) is 0 Å². The van der Waals surface area contributed by atoms with Crippen molar-refractivity contribution in [3.05, 3.63) is 71.9 Å². The van der Waals surface area contributed by atoms with E-state index >= 15 is 0 Å². The van der Waals surface area contributed by atoms with Crippen molar-refractivity contribution in [2.75, 3.05) is 19.6 Å². The van der Waals surface area contributed by atoms with Gasteiger partial charge in [-0.2, -0.15) is 12.7 Å². The van der Waals surface area contributed by atoms with Gasteiger partial charge in [0.25, 0.3) is 10.2 Å². The Morgan fingerprint density at radius 3 is 2.36 bits per heavy atom. The van der Waals surface area contributed by atoms with Crippen molar-refractivity contribution in [2.45, 2.75) is 31.6 Å². The SMILES string of the molecule is O=S(=O)(NC[C@H](c1ccccc1)c1c[nH]c2ccccc12)N1CCCCCC1. The van der Waals surface area contributed by atoms with E-state index in [4.69, 9.17) is 0 Å². The van der Waals surface area contributed by atoms with Crippen LogP contribution >= 0.6 is 0 Å². The van der Waals surface area contributed by atoms with Crippen molar-refractivity contribution >= 4 is 21.1 Å². The van der Waals surface area contributed by atoms with Crippen LogP contribution in [0.4, 0.5) is 0 Å². The summed E-state index contributed by atoms with van der Waals surface area (Å²) in [7, 11) is -3.48. The highest BCUT2D eigenvalue weighted by atomic mass is 32.2. The minimum atomic E-state index is -3.48. The summed E-state index contributed by atoms with van der Waals surface area (Å²) < 4.78 is 30.3. The zero-order valence-corrected chi connectivity index (χ0v) is 16.8. The van der Waals surface area contributed by atoms with E-state index in [1.165, 1.54) is 0 Å². The standard InChI is InChI=1S/C22H27N3O2S/c26-28(27,25-14-8-1-2-9-15-25)24-17-20(18-10-4-3-5-11-18)21-16-23-22-13-7-6-12-19(21)22/h3-7,10-13,16,20,23-24H,1-2,8-9,14-15,17H2/t20-/m1/s1. The summed E-state index contributed by atoms with van der Waals surface area (Å²) in [4.78, 5) is 3.32. The Labute approximate surface area is 166 Å². The molecule has 3 aromatic rings. The second-order valence-electron chi connectivity index (χ2n) is 7.42. The number of nitrogens with zero attached hydrogens (tertiary/aromatic N) is 1. The largest absolute Gasteiger partial charge is 0.361 e. The predicted octanol–water partition coefficient (Wildman–Crippen LogP) is 4.01. The topological polar surface area (TPSA) is 65.2 Å². The van der Waals surface area contributed by atoms with Crippen LogP contribution in [0, 0.1) is 0 Å². The van der Waals surface area contributed by atoms with Crippen molar-refractivity contribution in [2.24, 2.45) is 0 Å². The van der Waals surface area contributed by atoms with Crippen LogP contribution in [0.2, 0.25) is 0 Å². The Bertz CT molecular complexity index is 1010. The highest BCUT2D eigenvalue weighted by Gasteiger charge is 2.25. The van der Waals surface area contributed by atoms with Crippen LogP contribution in [0.25, 0.3) is 10.9 Å². The highest BCUT2D eigenvalue weighted by Crippen LogP contribution is 2.30. The number of H-pyrrole nitrogens is 1. The normalized spacial score (nSPS) is 17.4. The first kappa shape index (κ1) is 19.2. The molecule has 0 bridgehead atoms. The number of hydrogen-bond acceptors (Lipinski definition) is 2.